The zero-order valence-corrected chi connectivity index (χ0v) is 21.0. The largest absolute Gasteiger partial charge is 0.508 e. The second-order valence-electron chi connectivity index (χ2n) is 8.17. The van der Waals surface area contributed by atoms with Gasteiger partial charge in [0.05, 0.1) is 11.6 Å². The number of phenols is 1. The highest BCUT2D eigenvalue weighted by atomic mass is 32.2. The average molecular weight is 528 g/mol. The van der Waals surface area contributed by atoms with Gasteiger partial charge in [-0.3, -0.25) is 14.5 Å². The van der Waals surface area contributed by atoms with Crippen molar-refractivity contribution >= 4 is 46.0 Å². The molecule has 1 aliphatic rings. The molecule has 0 radical (unpaired) electrons. The molecule has 0 aliphatic carbocycles. The zero-order chi connectivity index (χ0) is 25.8. The number of aromatic nitrogens is 2. The molecule has 4 aromatic rings. The van der Waals surface area contributed by atoms with Crippen LogP contribution in [0.25, 0.3) is 6.08 Å². The fourth-order valence-corrected chi connectivity index (χ4v) is 5.79. The summed E-state index contributed by atoms with van der Waals surface area (Å²) in [6.07, 6.45) is 2.95. The van der Waals surface area contributed by atoms with Crippen molar-refractivity contribution in [3.8, 4) is 5.75 Å². The van der Waals surface area contributed by atoms with Crippen LogP contribution in [0.4, 0.5) is 5.13 Å². The first kappa shape index (κ1) is 24.5. The maximum atomic E-state index is 13.3. The van der Waals surface area contributed by atoms with E-state index >= 15 is 0 Å². The van der Waals surface area contributed by atoms with Gasteiger partial charge in [-0.15, -0.1) is 10.2 Å². The number of phenolic OH excluding ortho intramolecular Hbond substituents is 1. The number of ketones is 1. The lowest BCUT2D eigenvalue weighted by atomic mass is 9.95. The van der Waals surface area contributed by atoms with Crippen LogP contribution in [-0.2, 0) is 15.3 Å². The number of nitrogens with zero attached hydrogens (tertiary/aromatic N) is 3. The van der Waals surface area contributed by atoms with Crippen LogP contribution >= 0.6 is 23.1 Å². The predicted molar refractivity (Wildman–Crippen MR) is 144 cm³/mol. The highest BCUT2D eigenvalue weighted by Crippen LogP contribution is 2.43. The number of aliphatic hydroxyl groups excluding tert-OH is 1. The second kappa shape index (κ2) is 10.8. The molecule has 37 heavy (non-hydrogen) atoms. The number of benzene rings is 3. The van der Waals surface area contributed by atoms with E-state index in [1.165, 1.54) is 46.2 Å². The van der Waals surface area contributed by atoms with Crippen LogP contribution in [0.2, 0.25) is 0 Å². The Morgan fingerprint density at radius 1 is 0.973 bits per heavy atom. The number of amides is 1. The third-order valence-electron chi connectivity index (χ3n) is 5.69. The van der Waals surface area contributed by atoms with Crippen molar-refractivity contribution in [3.63, 3.8) is 0 Å². The molecule has 1 aliphatic heterocycles. The van der Waals surface area contributed by atoms with E-state index in [1.807, 2.05) is 60.7 Å². The Hall–Kier alpha value is -4.21. The Kier molecular flexibility index (Phi) is 7.16. The Morgan fingerprint density at radius 2 is 1.70 bits per heavy atom. The number of anilines is 1. The Bertz CT molecular complexity index is 1500. The maximum absolute atomic E-state index is 13.3. The molecule has 0 spiro atoms. The van der Waals surface area contributed by atoms with Gasteiger partial charge in [-0.2, -0.15) is 0 Å². The monoisotopic (exact) mass is 527 g/mol. The van der Waals surface area contributed by atoms with E-state index in [0.717, 1.165) is 11.1 Å². The number of hydrogen-bond acceptors (Lipinski definition) is 8. The van der Waals surface area contributed by atoms with Crippen LogP contribution in [0.3, 0.4) is 0 Å². The summed E-state index contributed by atoms with van der Waals surface area (Å²) in [5, 5.41) is 29.6. The van der Waals surface area contributed by atoms with E-state index in [0.29, 0.717) is 15.7 Å². The number of rotatable bonds is 8. The van der Waals surface area contributed by atoms with Crippen LogP contribution < -0.4 is 4.90 Å². The average Bonchev–Trinajstić information content (AvgIpc) is 3.49. The van der Waals surface area contributed by atoms with Crippen molar-refractivity contribution in [2.24, 2.45) is 0 Å². The van der Waals surface area contributed by atoms with E-state index in [1.54, 1.807) is 18.2 Å². The van der Waals surface area contributed by atoms with Crippen LogP contribution in [-0.4, -0.2) is 32.1 Å². The quantitative estimate of drug-likeness (QED) is 0.172. The maximum Gasteiger partial charge on any atom is 0.296 e. The number of carbonyl (C=O) groups is 2. The van der Waals surface area contributed by atoms with Gasteiger partial charge in [-0.05, 0) is 34.9 Å². The summed E-state index contributed by atoms with van der Waals surface area (Å²) in [6, 6.07) is 24.4. The molecule has 1 unspecified atom stereocenters. The summed E-state index contributed by atoms with van der Waals surface area (Å²) in [5.41, 5.74) is 2.30. The van der Waals surface area contributed by atoms with E-state index < -0.39 is 23.5 Å². The van der Waals surface area contributed by atoms with Gasteiger partial charge in [0.2, 0.25) is 5.13 Å². The first-order chi connectivity index (χ1) is 18.0. The summed E-state index contributed by atoms with van der Waals surface area (Å²) >= 11 is 2.68. The van der Waals surface area contributed by atoms with Gasteiger partial charge in [0.1, 0.15) is 5.75 Å². The summed E-state index contributed by atoms with van der Waals surface area (Å²) in [4.78, 5) is 27.8. The lowest BCUT2D eigenvalue weighted by Gasteiger charge is -2.23. The molecule has 184 valence electrons. The predicted octanol–water partition coefficient (Wildman–Crippen LogP) is 5.72. The Morgan fingerprint density at radius 3 is 2.43 bits per heavy atom. The molecular formula is C28H21N3O4S2. The summed E-state index contributed by atoms with van der Waals surface area (Å²) in [5.74, 6) is -1.27. The smallest absolute Gasteiger partial charge is 0.296 e. The first-order valence-corrected chi connectivity index (χ1v) is 13.1. The normalized spacial score (nSPS) is 15.6. The molecule has 0 fully saturated rings. The molecule has 2 heterocycles. The van der Waals surface area contributed by atoms with E-state index in [9.17, 15) is 19.8 Å². The van der Waals surface area contributed by atoms with Gasteiger partial charge in [-0.25, -0.2) is 0 Å². The molecule has 3 aromatic carbocycles. The van der Waals surface area contributed by atoms with Crippen LogP contribution in [0.1, 0.15) is 22.7 Å². The summed E-state index contributed by atoms with van der Waals surface area (Å²) in [7, 11) is 0. The van der Waals surface area contributed by atoms with Gasteiger partial charge in [0.15, 0.2) is 15.9 Å². The standard InChI is InChI=1S/C28H21N3O4S2/c32-21-13-7-12-20(16-21)24-23(22(33)15-14-18-8-3-1-4-9-18)25(34)26(35)31(24)27-29-30-28(37-27)36-17-19-10-5-2-6-11-19/h1-16,24,32,34H,17H2. The van der Waals surface area contributed by atoms with Crippen LogP contribution in [0.15, 0.2) is 107 Å². The number of hydrogen-bond donors (Lipinski definition) is 2. The molecule has 9 heteroatoms. The molecule has 2 N–H and O–H groups in total. The van der Waals surface area contributed by atoms with Crippen molar-refractivity contribution in [1.29, 1.82) is 0 Å². The second-order valence-corrected chi connectivity index (χ2v) is 10.3. The molecule has 0 saturated heterocycles. The molecule has 0 saturated carbocycles. The lowest BCUT2D eigenvalue weighted by molar-refractivity contribution is -0.117. The number of carbonyl (C=O) groups excluding carboxylic acids is 2. The topological polar surface area (TPSA) is 104 Å². The fraction of sp³-hybridized carbons (Fsp3) is 0.0714. The number of thioether (sulfide) groups is 1. The zero-order valence-electron chi connectivity index (χ0n) is 19.4. The third kappa shape index (κ3) is 5.32. The third-order valence-corrected chi connectivity index (χ3v) is 7.82. The van der Waals surface area contributed by atoms with Crippen molar-refractivity contribution < 1.29 is 19.8 Å². The first-order valence-electron chi connectivity index (χ1n) is 11.3. The van der Waals surface area contributed by atoms with Crippen molar-refractivity contribution in [1.82, 2.24) is 10.2 Å². The number of aliphatic hydroxyl groups is 1. The molecule has 1 aromatic heterocycles. The summed E-state index contributed by atoms with van der Waals surface area (Å²) in [6.45, 7) is 0. The van der Waals surface area contributed by atoms with E-state index in [2.05, 4.69) is 10.2 Å². The van der Waals surface area contributed by atoms with Gasteiger partial charge >= 0.3 is 0 Å². The van der Waals surface area contributed by atoms with Crippen molar-refractivity contribution in [2.45, 2.75) is 16.1 Å². The molecule has 7 nitrogen and oxygen atoms in total. The Balaban J connectivity index is 1.47. The molecular weight excluding hydrogens is 506 g/mol. The summed E-state index contributed by atoms with van der Waals surface area (Å²) < 4.78 is 0.643. The van der Waals surface area contributed by atoms with Crippen LogP contribution in [0, 0.1) is 0 Å². The Labute approximate surface area is 221 Å². The van der Waals surface area contributed by atoms with Gasteiger partial charge < -0.3 is 10.2 Å². The van der Waals surface area contributed by atoms with Gasteiger partial charge in [0, 0.05) is 5.75 Å². The van der Waals surface area contributed by atoms with Gasteiger partial charge in [-0.1, -0.05) is 102 Å². The molecule has 5 rings (SSSR count). The minimum atomic E-state index is -0.979. The van der Waals surface area contributed by atoms with Gasteiger partial charge in [0.25, 0.3) is 5.91 Å². The van der Waals surface area contributed by atoms with E-state index in [-0.39, 0.29) is 16.5 Å². The van der Waals surface area contributed by atoms with E-state index in [4.69, 9.17) is 0 Å². The SMILES string of the molecule is O=C(C=Cc1ccccc1)C1=C(O)C(=O)N(c2nnc(SCc3ccccc3)s2)C1c1cccc(O)c1. The minimum absolute atomic E-state index is 0.0284. The number of allylic oxidation sites excluding steroid dienone is 1. The van der Waals surface area contributed by atoms with Crippen LogP contribution in [0.5, 0.6) is 5.75 Å². The van der Waals surface area contributed by atoms with Crippen molar-refractivity contribution in [2.75, 3.05) is 4.90 Å². The molecule has 1 atom stereocenters. The highest BCUT2D eigenvalue weighted by Gasteiger charge is 2.45. The highest BCUT2D eigenvalue weighted by molar-refractivity contribution is 8.00. The molecule has 0 bridgehead atoms. The fourth-order valence-electron chi connectivity index (χ4n) is 3.97. The number of aromatic hydroxyl groups is 1. The lowest BCUT2D eigenvalue weighted by Crippen LogP contribution is -2.30. The minimum Gasteiger partial charge on any atom is -0.508 e. The van der Waals surface area contributed by atoms with Crippen molar-refractivity contribution in [3.05, 3.63) is 119 Å². The molecule has 1 amide bonds.